The molecular formula is C13H11BFNO4. The first-order chi connectivity index (χ1) is 9.54. The highest BCUT2D eigenvalue weighted by Gasteiger charge is 2.22. The summed E-state index contributed by atoms with van der Waals surface area (Å²) in [6, 6.07) is 8.78. The fraction of sp³-hybridized carbons (Fsp3) is 0.0769. The molecule has 0 fully saturated rings. The van der Waals surface area contributed by atoms with Gasteiger partial charge >= 0.3 is 5.69 Å². The lowest BCUT2D eigenvalue weighted by Gasteiger charge is -2.12. The standard InChI is InChI=1S/C13H11BFNO4/c1-19-9-5-3-6-10(12(9)14)20-11-7-2-4-8(15)13(11)16(17)18/h2-7H,14H2,1H3. The Hall–Kier alpha value is -2.57. The zero-order valence-corrected chi connectivity index (χ0v) is 10.9. The van der Waals surface area contributed by atoms with Crippen LogP contribution in [0.2, 0.25) is 0 Å². The molecule has 0 saturated carbocycles. The summed E-state index contributed by atoms with van der Waals surface area (Å²) in [6.45, 7) is 0. The van der Waals surface area contributed by atoms with Gasteiger partial charge in [0, 0.05) is 0 Å². The van der Waals surface area contributed by atoms with Gasteiger partial charge in [-0.15, -0.1) is 0 Å². The van der Waals surface area contributed by atoms with Gasteiger partial charge < -0.3 is 9.47 Å². The summed E-state index contributed by atoms with van der Waals surface area (Å²) in [4.78, 5) is 10.1. The van der Waals surface area contributed by atoms with Gasteiger partial charge in [-0.2, -0.15) is 4.39 Å². The van der Waals surface area contributed by atoms with Crippen LogP contribution in [0.3, 0.4) is 0 Å². The smallest absolute Gasteiger partial charge is 0.346 e. The molecule has 7 heteroatoms. The van der Waals surface area contributed by atoms with Crippen LogP contribution >= 0.6 is 0 Å². The molecule has 0 aliphatic heterocycles. The maximum absolute atomic E-state index is 13.5. The van der Waals surface area contributed by atoms with Gasteiger partial charge in [0.05, 0.1) is 12.0 Å². The van der Waals surface area contributed by atoms with Crippen LogP contribution in [0.1, 0.15) is 0 Å². The molecule has 0 aliphatic rings. The molecule has 5 nitrogen and oxygen atoms in total. The van der Waals surface area contributed by atoms with Gasteiger partial charge in [-0.3, -0.25) is 10.1 Å². The topological polar surface area (TPSA) is 61.6 Å². The molecule has 0 unspecified atom stereocenters. The molecule has 0 bridgehead atoms. The van der Waals surface area contributed by atoms with E-state index in [0.29, 0.717) is 17.0 Å². The number of para-hydroxylation sites is 1. The Balaban J connectivity index is 2.46. The van der Waals surface area contributed by atoms with Gasteiger partial charge in [0.25, 0.3) is 0 Å². The fourth-order valence-corrected chi connectivity index (χ4v) is 1.80. The van der Waals surface area contributed by atoms with Gasteiger partial charge in [-0.1, -0.05) is 12.1 Å². The van der Waals surface area contributed by atoms with Gasteiger partial charge in [0.1, 0.15) is 19.3 Å². The third-order valence-electron chi connectivity index (χ3n) is 2.81. The summed E-state index contributed by atoms with van der Waals surface area (Å²) in [7, 11) is 3.26. The molecule has 0 aliphatic carbocycles. The van der Waals surface area contributed by atoms with E-state index in [1.165, 1.54) is 19.2 Å². The van der Waals surface area contributed by atoms with Crippen molar-refractivity contribution in [1.82, 2.24) is 0 Å². The number of ether oxygens (including phenoxy) is 2. The normalized spacial score (nSPS) is 10.1. The number of nitro benzene ring substituents is 1. The largest absolute Gasteiger partial charge is 0.497 e. The van der Waals surface area contributed by atoms with Crippen LogP contribution in [0.15, 0.2) is 36.4 Å². The molecule has 2 rings (SSSR count). The minimum atomic E-state index is -0.937. The number of hydrogen-bond donors (Lipinski definition) is 0. The van der Waals surface area contributed by atoms with Crippen LogP contribution in [0.5, 0.6) is 17.2 Å². The van der Waals surface area contributed by atoms with Crippen molar-refractivity contribution in [1.29, 1.82) is 0 Å². The lowest BCUT2D eigenvalue weighted by Crippen LogP contribution is -2.10. The maximum Gasteiger partial charge on any atom is 0.346 e. The number of nitro groups is 1. The third-order valence-corrected chi connectivity index (χ3v) is 2.81. The molecule has 0 heterocycles. The quantitative estimate of drug-likeness (QED) is 0.485. The molecule has 2 aromatic carbocycles. The third kappa shape index (κ3) is 2.56. The monoisotopic (exact) mass is 275 g/mol. The SMILES string of the molecule is Bc1c(OC)cccc1Oc1cccc(F)c1[N+](=O)[O-]. The first-order valence-electron chi connectivity index (χ1n) is 5.79. The Bertz CT molecular complexity index is 663. The summed E-state index contributed by atoms with van der Waals surface area (Å²) in [5.74, 6) is -0.126. The van der Waals surface area contributed by atoms with Crippen LogP contribution in [0.25, 0.3) is 0 Å². The lowest BCUT2D eigenvalue weighted by atomic mass is 9.94. The number of benzene rings is 2. The number of nitrogens with zero attached hydrogens (tertiary/aromatic N) is 1. The van der Waals surface area contributed by atoms with Crippen LogP contribution in [-0.4, -0.2) is 19.9 Å². The Morgan fingerprint density at radius 2 is 1.75 bits per heavy atom. The minimum absolute atomic E-state index is 0.147. The molecule has 0 spiro atoms. The van der Waals surface area contributed by atoms with Crippen LogP contribution < -0.4 is 14.9 Å². The molecule has 2 aromatic rings. The Morgan fingerprint density at radius 1 is 1.15 bits per heavy atom. The molecule has 0 saturated heterocycles. The van der Waals surface area contributed by atoms with E-state index < -0.39 is 16.4 Å². The lowest BCUT2D eigenvalue weighted by molar-refractivity contribution is -0.388. The number of rotatable bonds is 4. The van der Waals surface area contributed by atoms with Crippen LogP contribution in [0, 0.1) is 15.9 Å². The zero-order chi connectivity index (χ0) is 14.7. The highest BCUT2D eigenvalue weighted by atomic mass is 19.1. The van der Waals surface area contributed by atoms with E-state index >= 15 is 0 Å². The average molecular weight is 275 g/mol. The highest BCUT2D eigenvalue weighted by molar-refractivity contribution is 6.36. The first-order valence-corrected chi connectivity index (χ1v) is 5.79. The predicted octanol–water partition coefficient (Wildman–Crippen LogP) is 1.79. The molecule has 0 radical (unpaired) electrons. The molecule has 0 amide bonds. The van der Waals surface area contributed by atoms with Crippen molar-refractivity contribution in [2.45, 2.75) is 0 Å². The number of hydrogen-bond acceptors (Lipinski definition) is 4. The van der Waals surface area contributed by atoms with Gasteiger partial charge in [-0.25, -0.2) is 0 Å². The molecule has 0 atom stereocenters. The molecular weight excluding hydrogens is 264 g/mol. The second-order valence-corrected chi connectivity index (χ2v) is 4.03. The predicted molar refractivity (Wildman–Crippen MR) is 74.3 cm³/mol. The van der Waals surface area contributed by atoms with E-state index in [4.69, 9.17) is 9.47 Å². The summed E-state index contributed by atoms with van der Waals surface area (Å²) in [5, 5.41) is 10.9. The van der Waals surface area contributed by atoms with Gasteiger partial charge in [-0.05, 0) is 29.7 Å². The van der Waals surface area contributed by atoms with Crippen molar-refractivity contribution in [3.63, 3.8) is 0 Å². The van der Waals surface area contributed by atoms with E-state index in [9.17, 15) is 14.5 Å². The van der Waals surface area contributed by atoms with Crippen molar-refractivity contribution in [2.75, 3.05) is 7.11 Å². The summed E-state index contributed by atoms with van der Waals surface area (Å²) >= 11 is 0. The van der Waals surface area contributed by atoms with Crippen molar-refractivity contribution in [3.05, 3.63) is 52.3 Å². The van der Waals surface area contributed by atoms with E-state index in [1.54, 1.807) is 26.0 Å². The Labute approximate surface area is 115 Å². The molecule has 102 valence electrons. The minimum Gasteiger partial charge on any atom is -0.497 e. The Kier molecular flexibility index (Phi) is 3.88. The highest BCUT2D eigenvalue weighted by Crippen LogP contribution is 2.33. The van der Waals surface area contributed by atoms with Crippen molar-refractivity contribution in [3.8, 4) is 17.2 Å². The molecule has 0 N–H and O–H groups in total. The van der Waals surface area contributed by atoms with Crippen molar-refractivity contribution >= 4 is 19.0 Å². The van der Waals surface area contributed by atoms with E-state index in [0.717, 1.165) is 6.07 Å². The van der Waals surface area contributed by atoms with Crippen molar-refractivity contribution in [2.24, 2.45) is 0 Å². The second kappa shape index (κ2) is 5.60. The molecule has 20 heavy (non-hydrogen) atoms. The van der Waals surface area contributed by atoms with Crippen LogP contribution in [-0.2, 0) is 0 Å². The zero-order valence-electron chi connectivity index (χ0n) is 10.9. The van der Waals surface area contributed by atoms with Crippen molar-refractivity contribution < 1.29 is 18.8 Å². The summed E-state index contributed by atoms with van der Waals surface area (Å²) in [6.07, 6.45) is 0. The fourth-order valence-electron chi connectivity index (χ4n) is 1.80. The summed E-state index contributed by atoms with van der Waals surface area (Å²) < 4.78 is 24.1. The van der Waals surface area contributed by atoms with Crippen LogP contribution in [0.4, 0.5) is 10.1 Å². The first kappa shape index (κ1) is 13.9. The number of halogens is 1. The average Bonchev–Trinajstić information content (AvgIpc) is 2.41. The van der Waals surface area contributed by atoms with Gasteiger partial charge in [0.2, 0.25) is 11.6 Å². The van der Waals surface area contributed by atoms with E-state index in [2.05, 4.69) is 0 Å². The van der Waals surface area contributed by atoms with E-state index in [-0.39, 0.29) is 5.75 Å². The van der Waals surface area contributed by atoms with E-state index in [1.807, 2.05) is 0 Å². The Morgan fingerprint density at radius 3 is 2.40 bits per heavy atom. The number of methoxy groups -OCH3 is 1. The second-order valence-electron chi connectivity index (χ2n) is 4.03. The van der Waals surface area contributed by atoms with Gasteiger partial charge in [0.15, 0.2) is 0 Å². The molecule has 0 aromatic heterocycles. The summed E-state index contributed by atoms with van der Waals surface area (Å²) in [5.41, 5.74) is -0.0109. The maximum atomic E-state index is 13.5.